The number of hydrogen-bond donors (Lipinski definition) is 0. The minimum Gasteiger partial charge on any atom is -0.469 e. The van der Waals surface area contributed by atoms with E-state index in [0.29, 0.717) is 17.5 Å². The second-order valence-electron chi connectivity index (χ2n) is 7.02. The Morgan fingerprint density at radius 3 is 1.48 bits per heavy atom. The number of methoxy groups -OCH3 is 2. The minimum atomic E-state index is -4.09. The molecule has 2 aromatic carbocycles. The fraction of sp³-hybridized carbons (Fsp3) is 0.333. The predicted octanol–water partition coefficient (Wildman–Crippen LogP) is 1.79. The molecule has 10 nitrogen and oxygen atoms in total. The topological polar surface area (TPSA) is 139 Å². The summed E-state index contributed by atoms with van der Waals surface area (Å²) in [5, 5.41) is 0. The fourth-order valence-electron chi connectivity index (χ4n) is 3.28. The van der Waals surface area contributed by atoms with Crippen molar-refractivity contribution in [2.45, 2.75) is 29.1 Å². The van der Waals surface area contributed by atoms with Crippen molar-refractivity contribution in [2.75, 3.05) is 27.4 Å². The molecule has 178 valence electrons. The van der Waals surface area contributed by atoms with E-state index in [1.54, 1.807) is 12.1 Å². The van der Waals surface area contributed by atoms with Crippen molar-refractivity contribution in [2.24, 2.45) is 0 Å². The number of hydrogen-bond acceptors (Lipinski definition) is 10. The lowest BCUT2D eigenvalue weighted by molar-refractivity contribution is -0.142. The van der Waals surface area contributed by atoms with E-state index in [1.807, 2.05) is 0 Å². The minimum absolute atomic E-state index is 0.0714. The zero-order valence-electron chi connectivity index (χ0n) is 17.9. The molecule has 0 saturated carbocycles. The van der Waals surface area contributed by atoms with Crippen LogP contribution in [0.2, 0.25) is 0 Å². The van der Waals surface area contributed by atoms with Crippen LogP contribution < -0.4 is 0 Å². The Kier molecular flexibility index (Phi) is 7.52. The van der Waals surface area contributed by atoms with E-state index in [4.69, 9.17) is 8.37 Å². The first-order chi connectivity index (χ1) is 15.6. The van der Waals surface area contributed by atoms with Gasteiger partial charge in [0.05, 0.1) is 50.1 Å². The van der Waals surface area contributed by atoms with E-state index in [1.165, 1.54) is 38.5 Å². The lowest BCUT2D eigenvalue weighted by Crippen LogP contribution is -2.11. The van der Waals surface area contributed by atoms with Crippen molar-refractivity contribution in [1.29, 1.82) is 0 Å². The van der Waals surface area contributed by atoms with Crippen molar-refractivity contribution in [3.63, 3.8) is 0 Å². The monoisotopic (exact) mass is 498 g/mol. The molecule has 1 aliphatic rings. The predicted molar refractivity (Wildman–Crippen MR) is 114 cm³/mol. The SMILES string of the molecule is COC(=O)CCOS(=O)(=O)c1ccc2c(c1)Cc1cc(S(=O)(=O)OCCC(=O)OC)ccc1-2. The van der Waals surface area contributed by atoms with E-state index in [-0.39, 0.29) is 35.8 Å². The summed E-state index contributed by atoms with van der Waals surface area (Å²) in [4.78, 5) is 22.1. The first-order valence-electron chi connectivity index (χ1n) is 9.76. The van der Waals surface area contributed by atoms with Gasteiger partial charge in [-0.2, -0.15) is 16.8 Å². The van der Waals surface area contributed by atoms with Crippen LogP contribution in [0, 0.1) is 0 Å². The van der Waals surface area contributed by atoms with Gasteiger partial charge in [-0.1, -0.05) is 12.1 Å². The Balaban J connectivity index is 1.75. The smallest absolute Gasteiger partial charge is 0.307 e. The summed E-state index contributed by atoms with van der Waals surface area (Å²) in [7, 11) is -5.78. The van der Waals surface area contributed by atoms with Crippen LogP contribution in [0.25, 0.3) is 11.1 Å². The molecular weight excluding hydrogens is 476 g/mol. The summed E-state index contributed by atoms with van der Waals surface area (Å²) in [6.07, 6.45) is -0.0994. The van der Waals surface area contributed by atoms with Crippen LogP contribution in [0.4, 0.5) is 0 Å². The highest BCUT2D eigenvalue weighted by Crippen LogP contribution is 2.39. The Labute approximate surface area is 191 Å². The molecule has 0 bridgehead atoms. The van der Waals surface area contributed by atoms with Gasteiger partial charge in [0.15, 0.2) is 0 Å². The van der Waals surface area contributed by atoms with Crippen LogP contribution in [-0.4, -0.2) is 56.2 Å². The number of rotatable bonds is 10. The van der Waals surface area contributed by atoms with Crippen LogP contribution in [0.1, 0.15) is 24.0 Å². The maximum Gasteiger partial charge on any atom is 0.307 e. The molecule has 0 heterocycles. The molecule has 0 atom stereocenters. The van der Waals surface area contributed by atoms with Crippen LogP contribution in [0.5, 0.6) is 0 Å². The summed E-state index contributed by atoms with van der Waals surface area (Å²) in [5.41, 5.74) is 2.91. The Bertz CT molecular complexity index is 1180. The second-order valence-corrected chi connectivity index (χ2v) is 10.2. The zero-order valence-corrected chi connectivity index (χ0v) is 19.5. The molecule has 0 unspecified atom stereocenters. The molecule has 0 saturated heterocycles. The molecule has 1 aliphatic carbocycles. The third kappa shape index (κ3) is 5.77. The first-order valence-corrected chi connectivity index (χ1v) is 12.6. The first kappa shape index (κ1) is 24.8. The van der Waals surface area contributed by atoms with E-state index in [9.17, 15) is 26.4 Å². The average Bonchev–Trinajstić information content (AvgIpc) is 3.15. The van der Waals surface area contributed by atoms with Crippen molar-refractivity contribution in [3.05, 3.63) is 47.5 Å². The molecule has 0 aliphatic heterocycles. The van der Waals surface area contributed by atoms with Gasteiger partial charge in [-0.15, -0.1) is 0 Å². The van der Waals surface area contributed by atoms with Crippen molar-refractivity contribution in [1.82, 2.24) is 0 Å². The highest BCUT2D eigenvalue weighted by atomic mass is 32.2. The van der Waals surface area contributed by atoms with Crippen LogP contribution in [-0.2, 0) is 54.1 Å². The molecular formula is C21H22O10S2. The van der Waals surface area contributed by atoms with E-state index in [0.717, 1.165) is 11.1 Å². The van der Waals surface area contributed by atoms with Gasteiger partial charge >= 0.3 is 11.9 Å². The molecule has 0 radical (unpaired) electrons. The molecule has 0 spiro atoms. The highest BCUT2D eigenvalue weighted by molar-refractivity contribution is 7.87. The van der Waals surface area contributed by atoms with Gasteiger partial charge in [0.2, 0.25) is 0 Å². The normalized spacial score (nSPS) is 12.7. The summed E-state index contributed by atoms with van der Waals surface area (Å²) < 4.78 is 68.4. The lowest BCUT2D eigenvalue weighted by Gasteiger charge is -2.08. The third-order valence-electron chi connectivity index (χ3n) is 4.95. The van der Waals surface area contributed by atoms with Gasteiger partial charge in [0.25, 0.3) is 20.2 Å². The zero-order chi connectivity index (χ0) is 24.2. The Morgan fingerprint density at radius 2 is 1.12 bits per heavy atom. The largest absolute Gasteiger partial charge is 0.469 e. The summed E-state index contributed by atoms with van der Waals surface area (Å²) in [6, 6.07) is 8.95. The fourth-order valence-corrected chi connectivity index (χ4v) is 5.20. The number of esters is 2. The lowest BCUT2D eigenvalue weighted by atomic mass is 10.1. The third-order valence-corrected chi connectivity index (χ3v) is 7.56. The van der Waals surface area contributed by atoms with Gasteiger partial charge in [-0.3, -0.25) is 18.0 Å². The molecule has 0 N–H and O–H groups in total. The Morgan fingerprint density at radius 1 is 0.727 bits per heavy atom. The summed E-state index contributed by atoms with van der Waals surface area (Å²) in [6.45, 7) is -0.687. The van der Waals surface area contributed by atoms with Crippen molar-refractivity contribution >= 4 is 32.2 Å². The van der Waals surface area contributed by atoms with Gasteiger partial charge < -0.3 is 9.47 Å². The summed E-state index contributed by atoms with van der Waals surface area (Å²) >= 11 is 0. The van der Waals surface area contributed by atoms with Gasteiger partial charge in [-0.25, -0.2) is 0 Å². The molecule has 0 fully saturated rings. The van der Waals surface area contributed by atoms with E-state index >= 15 is 0 Å². The second kappa shape index (κ2) is 10.00. The molecule has 0 aromatic heterocycles. The van der Waals surface area contributed by atoms with E-state index < -0.39 is 32.2 Å². The number of carbonyl (C=O) groups excluding carboxylic acids is 2. The van der Waals surface area contributed by atoms with Crippen LogP contribution in [0.15, 0.2) is 46.2 Å². The Hall–Kier alpha value is -2.80. The van der Waals surface area contributed by atoms with E-state index in [2.05, 4.69) is 9.47 Å². The highest BCUT2D eigenvalue weighted by Gasteiger charge is 2.25. The number of ether oxygens (including phenoxy) is 2. The molecule has 3 rings (SSSR count). The molecule has 12 heteroatoms. The quantitative estimate of drug-likeness (QED) is 0.300. The number of carbonyl (C=O) groups is 2. The summed E-state index contributed by atoms with van der Waals surface area (Å²) in [5.74, 6) is -1.18. The van der Waals surface area contributed by atoms with Gasteiger partial charge in [-0.05, 0) is 52.9 Å². The molecule has 2 aromatic rings. The van der Waals surface area contributed by atoms with Crippen molar-refractivity contribution in [3.8, 4) is 11.1 Å². The number of fused-ring (bicyclic) bond motifs is 3. The standard InChI is InChI=1S/C21H22O10S2/c1-28-20(22)7-9-30-32(24,25)16-3-5-18-14(12-16)11-15-13-17(4-6-19(15)18)33(26,27)31-10-8-21(23)29-2/h3-6,12-13H,7-11H2,1-2H3. The maximum atomic E-state index is 12.4. The van der Waals surface area contributed by atoms with Crippen LogP contribution >= 0.6 is 0 Å². The molecule has 33 heavy (non-hydrogen) atoms. The maximum absolute atomic E-state index is 12.4. The van der Waals surface area contributed by atoms with Crippen molar-refractivity contribution < 1.29 is 44.3 Å². The van der Waals surface area contributed by atoms with Gasteiger partial charge in [0.1, 0.15) is 0 Å². The van der Waals surface area contributed by atoms with Gasteiger partial charge in [0, 0.05) is 0 Å². The average molecular weight is 499 g/mol. The molecule has 0 amide bonds. The van der Waals surface area contributed by atoms with Crippen LogP contribution in [0.3, 0.4) is 0 Å². The number of benzene rings is 2.